The van der Waals surface area contributed by atoms with Crippen LogP contribution in [0.15, 0.2) is 143 Å². The van der Waals surface area contributed by atoms with Crippen LogP contribution in [0.4, 0.5) is 11.6 Å². The van der Waals surface area contributed by atoms with Crippen molar-refractivity contribution in [1.82, 2.24) is 19.1 Å². The van der Waals surface area contributed by atoms with Crippen LogP contribution in [0, 0.1) is 13.8 Å². The first-order valence-corrected chi connectivity index (χ1v) is 24.3. The van der Waals surface area contributed by atoms with Gasteiger partial charge in [0.25, 0.3) is 20.1 Å². The van der Waals surface area contributed by atoms with Crippen molar-refractivity contribution in [3.8, 4) is 0 Å². The maximum Gasteiger partial charge on any atom is 0.351 e. The Morgan fingerprint density at radius 1 is 0.687 bits per heavy atom. The van der Waals surface area contributed by atoms with E-state index >= 15 is 0 Å². The van der Waals surface area contributed by atoms with Crippen LogP contribution in [-0.2, 0) is 13.9 Å². The predicted octanol–water partition coefficient (Wildman–Crippen LogP) is 5.89. The molecule has 6 atom stereocenters. The second-order valence-electron chi connectivity index (χ2n) is 17.8. The molecule has 0 aliphatic carbocycles. The van der Waals surface area contributed by atoms with E-state index in [0.29, 0.717) is 41.5 Å². The van der Waals surface area contributed by atoms with E-state index in [1.807, 2.05) is 55.5 Å². The smallest absolute Gasteiger partial charge is 0.351 e. The molecular formula is C51H58N6O9Si. The zero-order valence-corrected chi connectivity index (χ0v) is 39.5. The Bertz CT molecular complexity index is 2710. The van der Waals surface area contributed by atoms with E-state index in [-0.39, 0.29) is 41.2 Å². The molecule has 350 valence electrons. The Morgan fingerprint density at radius 2 is 1.09 bits per heavy atom. The van der Waals surface area contributed by atoms with E-state index in [1.54, 1.807) is 74.8 Å². The van der Waals surface area contributed by atoms with Gasteiger partial charge in [-0.15, -0.1) is 0 Å². The maximum atomic E-state index is 13.2. The number of anilines is 2. The van der Waals surface area contributed by atoms with Crippen molar-refractivity contribution in [3.63, 3.8) is 0 Å². The number of carbonyl (C=O) groups is 2. The van der Waals surface area contributed by atoms with Gasteiger partial charge in [0.2, 0.25) is 0 Å². The summed E-state index contributed by atoms with van der Waals surface area (Å²) in [5, 5.41) is 27.7. The van der Waals surface area contributed by atoms with Gasteiger partial charge >= 0.3 is 11.4 Å². The van der Waals surface area contributed by atoms with Gasteiger partial charge in [0.15, 0.2) is 0 Å². The number of amides is 2. The molecule has 0 bridgehead atoms. The minimum Gasteiger partial charge on any atom is -0.402 e. The molecule has 2 fully saturated rings. The lowest BCUT2D eigenvalue weighted by Gasteiger charge is -2.45. The van der Waals surface area contributed by atoms with E-state index in [4.69, 9.17) is 13.9 Å². The topological polar surface area (TPSA) is 196 Å². The first-order chi connectivity index (χ1) is 32.1. The number of benzene rings is 4. The lowest BCUT2D eigenvalue weighted by molar-refractivity contribution is -0.0433. The second kappa shape index (κ2) is 21.0. The van der Waals surface area contributed by atoms with Gasteiger partial charge in [-0.1, -0.05) is 125 Å². The van der Waals surface area contributed by atoms with Gasteiger partial charge in [0.1, 0.15) is 30.2 Å². The Kier molecular flexibility index (Phi) is 15.2. The van der Waals surface area contributed by atoms with Crippen molar-refractivity contribution in [2.75, 3.05) is 17.2 Å². The van der Waals surface area contributed by atoms with Gasteiger partial charge in [-0.3, -0.25) is 18.7 Å². The van der Waals surface area contributed by atoms with Crippen LogP contribution in [-0.4, -0.2) is 80.5 Å². The number of aromatic nitrogens is 4. The summed E-state index contributed by atoms with van der Waals surface area (Å²) >= 11 is 0. The minimum absolute atomic E-state index is 0.196. The number of hydrogen-bond acceptors (Lipinski definition) is 11. The van der Waals surface area contributed by atoms with Gasteiger partial charge < -0.3 is 34.7 Å². The largest absolute Gasteiger partial charge is 0.402 e. The van der Waals surface area contributed by atoms with Crippen LogP contribution in [0.5, 0.6) is 0 Å². The van der Waals surface area contributed by atoms with Crippen molar-refractivity contribution in [3.05, 3.63) is 177 Å². The molecule has 2 aromatic heterocycles. The third kappa shape index (κ3) is 10.8. The summed E-state index contributed by atoms with van der Waals surface area (Å²) in [7, 11) is -2.93. The highest BCUT2D eigenvalue weighted by Gasteiger charge is 2.54. The van der Waals surface area contributed by atoms with Crippen molar-refractivity contribution in [2.45, 2.75) is 103 Å². The van der Waals surface area contributed by atoms with Gasteiger partial charge in [-0.25, -0.2) is 9.59 Å². The fourth-order valence-corrected chi connectivity index (χ4v) is 13.4. The molecule has 4 heterocycles. The van der Waals surface area contributed by atoms with E-state index in [9.17, 15) is 29.4 Å². The number of ether oxygens (including phenoxy) is 2. The molecule has 2 amide bonds. The Labute approximate surface area is 390 Å². The third-order valence-corrected chi connectivity index (χ3v) is 17.2. The van der Waals surface area contributed by atoms with Gasteiger partial charge in [-0.2, -0.15) is 9.97 Å². The molecule has 2 aliphatic heterocycles. The summed E-state index contributed by atoms with van der Waals surface area (Å²) in [5.41, 5.74) is 1.12. The summed E-state index contributed by atoms with van der Waals surface area (Å²) in [6.45, 7) is 11.8. The zero-order chi connectivity index (χ0) is 47.9. The van der Waals surface area contributed by atoms with Crippen LogP contribution in [0.2, 0.25) is 5.04 Å². The van der Waals surface area contributed by atoms with Gasteiger partial charge in [-0.05, 0) is 59.9 Å². The molecule has 67 heavy (non-hydrogen) atoms. The Morgan fingerprint density at radius 3 is 1.48 bits per heavy atom. The van der Waals surface area contributed by atoms with Crippen molar-refractivity contribution >= 4 is 42.1 Å². The van der Waals surface area contributed by atoms with Crippen LogP contribution >= 0.6 is 0 Å². The van der Waals surface area contributed by atoms with Gasteiger partial charge in [0, 0.05) is 47.5 Å². The Balaban J connectivity index is 0.000000227. The molecule has 2 aliphatic rings. The van der Waals surface area contributed by atoms with Crippen molar-refractivity contribution in [2.24, 2.45) is 0 Å². The highest BCUT2D eigenvalue weighted by atomic mass is 28.4. The average Bonchev–Trinajstić information content (AvgIpc) is 3.93. The SMILES string of the molecule is CC[C@H]1O[C@@H](n2cc(C)c(NC(=O)c3ccccc3)nc2=O)C[C@H]1O.Cc1cn([C@H]2C[C@@H](O[Si](c3ccccc3)(c3ccccc3)C(C)(C)C)[C@@H](CO)O2)c(=O)nc1NC(=O)c1ccccc1. The molecule has 0 unspecified atom stereocenters. The van der Waals surface area contributed by atoms with E-state index < -0.39 is 50.5 Å². The number of carbonyl (C=O) groups excluding carboxylic acids is 2. The first kappa shape index (κ1) is 48.5. The molecule has 4 N–H and O–H groups in total. The van der Waals surface area contributed by atoms with E-state index in [2.05, 4.69) is 65.6 Å². The number of nitrogens with zero attached hydrogens (tertiary/aromatic N) is 4. The molecule has 16 heteroatoms. The van der Waals surface area contributed by atoms with E-state index in [1.165, 1.54) is 9.13 Å². The quantitative estimate of drug-likeness (QED) is 0.107. The molecule has 8 rings (SSSR count). The van der Waals surface area contributed by atoms with Crippen molar-refractivity contribution in [1.29, 1.82) is 0 Å². The van der Waals surface area contributed by atoms with Crippen LogP contribution in [0.25, 0.3) is 0 Å². The van der Waals surface area contributed by atoms with E-state index in [0.717, 1.165) is 10.4 Å². The lowest BCUT2D eigenvalue weighted by Crippen LogP contribution is -2.68. The molecule has 0 spiro atoms. The number of hydrogen-bond donors (Lipinski definition) is 4. The number of aliphatic hydroxyl groups excluding tert-OH is 2. The third-order valence-electron chi connectivity index (χ3n) is 12.1. The molecule has 0 radical (unpaired) electrons. The molecule has 4 aromatic carbocycles. The standard InChI is InChI=1S/C33H37N3O5Si.C18H21N3O4/c1-23-21-36(32(39)35-30(23)34-31(38)24-14-8-5-9-15-24)29-20-27(28(22-37)40-29)41-42(33(2,3)4,25-16-10-6-11-17-25)26-18-12-7-13-19-26;1-3-14-13(22)9-15(25-14)21-10-11(2)16(20-18(21)24)19-17(23)12-7-5-4-6-8-12/h5-19,21,27-29,37H,20,22H2,1-4H3,(H,34,35,38,39);4-8,10,13-15,22H,3,9H2,1-2H3,(H,19,20,23,24)/t27-,28-,29-;13-,14-,15-/m11/s1. The molecule has 6 aromatic rings. The minimum atomic E-state index is -2.93. The monoisotopic (exact) mass is 926 g/mol. The highest BCUT2D eigenvalue weighted by molar-refractivity contribution is 6.99. The molecule has 2 saturated heterocycles. The van der Waals surface area contributed by atoms with Crippen LogP contribution < -0.4 is 32.4 Å². The number of aliphatic hydroxyl groups is 2. The number of aryl methyl sites for hydroxylation is 2. The number of rotatable bonds is 12. The summed E-state index contributed by atoms with van der Waals surface area (Å²) in [6, 6.07) is 38.0. The molecular weight excluding hydrogens is 869 g/mol. The number of nitrogens with one attached hydrogen (secondary N) is 2. The summed E-state index contributed by atoms with van der Waals surface area (Å²) in [5.74, 6) is -0.255. The Hall–Kier alpha value is -6.40. The zero-order valence-electron chi connectivity index (χ0n) is 38.5. The summed E-state index contributed by atoms with van der Waals surface area (Å²) in [4.78, 5) is 58.6. The lowest BCUT2D eigenvalue weighted by atomic mass is 10.1. The highest BCUT2D eigenvalue weighted by Crippen LogP contribution is 2.41. The fourth-order valence-electron chi connectivity index (χ4n) is 8.67. The van der Waals surface area contributed by atoms with Crippen LogP contribution in [0.1, 0.15) is 91.3 Å². The summed E-state index contributed by atoms with van der Waals surface area (Å²) < 4.78 is 22.0. The second-order valence-corrected chi connectivity index (χ2v) is 22.0. The fraction of sp³-hybridized carbons (Fsp3) is 0.333. The molecule has 15 nitrogen and oxygen atoms in total. The first-order valence-electron chi connectivity index (χ1n) is 22.4. The van der Waals surface area contributed by atoms with Gasteiger partial charge in [0.05, 0.1) is 24.9 Å². The normalized spacial score (nSPS) is 20.4. The maximum absolute atomic E-state index is 13.2. The average molecular weight is 927 g/mol. The van der Waals surface area contributed by atoms with Crippen molar-refractivity contribution < 1.29 is 33.7 Å². The summed E-state index contributed by atoms with van der Waals surface area (Å²) in [6.07, 6.45) is 1.38. The molecule has 0 saturated carbocycles. The van der Waals surface area contributed by atoms with Crippen LogP contribution in [0.3, 0.4) is 0 Å². The predicted molar refractivity (Wildman–Crippen MR) is 258 cm³/mol.